The van der Waals surface area contributed by atoms with Crippen molar-refractivity contribution in [2.24, 2.45) is 5.73 Å². The van der Waals surface area contributed by atoms with Gasteiger partial charge < -0.3 is 5.73 Å². The first-order valence-electron chi connectivity index (χ1n) is 5.04. The molecule has 0 spiro atoms. The number of hydrogen-bond donors (Lipinski definition) is 1. The predicted octanol–water partition coefficient (Wildman–Crippen LogP) is 1.46. The Hall–Kier alpha value is -0.790. The third-order valence-corrected chi connectivity index (χ3v) is 4.51. The second kappa shape index (κ2) is 5.90. The van der Waals surface area contributed by atoms with Gasteiger partial charge in [0, 0.05) is 22.1 Å². The molecular weight excluding hydrogens is 296 g/mol. The van der Waals surface area contributed by atoms with Crippen LogP contribution in [0.2, 0.25) is 0 Å². The van der Waals surface area contributed by atoms with Crippen molar-refractivity contribution in [1.82, 2.24) is 4.98 Å². The number of carbonyl (C=O) groups is 1. The fraction of sp³-hybridized carbons (Fsp3) is 0.400. The molecule has 1 aromatic rings. The highest BCUT2D eigenvalue weighted by atomic mass is 35.7. The van der Waals surface area contributed by atoms with Gasteiger partial charge in [-0.3, -0.25) is 4.79 Å². The number of primary amides is 1. The summed E-state index contributed by atoms with van der Waals surface area (Å²) < 4.78 is 21.6. The van der Waals surface area contributed by atoms with Gasteiger partial charge in [-0.25, -0.2) is 13.4 Å². The molecule has 2 N–H and O–H groups in total. The Bertz CT molecular complexity index is 573. The molecule has 1 aromatic heterocycles. The first-order valence-corrected chi connectivity index (χ1v) is 8.50. The van der Waals surface area contributed by atoms with Gasteiger partial charge in [-0.1, -0.05) is 0 Å². The fourth-order valence-electron chi connectivity index (χ4n) is 1.44. The molecule has 0 fully saturated rings. The molecule has 1 rings (SSSR count). The minimum Gasteiger partial charge on any atom is -0.366 e. The van der Waals surface area contributed by atoms with E-state index in [0.717, 1.165) is 23.0 Å². The first kappa shape index (κ1) is 15.3. The minimum atomic E-state index is -3.54. The van der Waals surface area contributed by atoms with Gasteiger partial charge in [0.1, 0.15) is 5.03 Å². The van der Waals surface area contributed by atoms with Gasteiger partial charge in [0.25, 0.3) is 5.91 Å². The number of carbonyl (C=O) groups excluding carboxylic acids is 1. The van der Waals surface area contributed by atoms with Crippen LogP contribution in [0.15, 0.2) is 11.1 Å². The van der Waals surface area contributed by atoms with Crippen LogP contribution in [0.25, 0.3) is 0 Å². The number of pyridine rings is 1. The monoisotopic (exact) mass is 308 g/mol. The summed E-state index contributed by atoms with van der Waals surface area (Å²) in [7, 11) is 1.57. The average molecular weight is 309 g/mol. The number of aromatic nitrogens is 1. The number of aryl methyl sites for hydroxylation is 2. The summed E-state index contributed by atoms with van der Waals surface area (Å²) in [5.41, 5.74) is 7.09. The van der Waals surface area contributed by atoms with E-state index in [1.165, 1.54) is 0 Å². The number of rotatable bonds is 5. The van der Waals surface area contributed by atoms with Crippen LogP contribution >= 0.6 is 22.4 Å². The molecule has 0 saturated heterocycles. The van der Waals surface area contributed by atoms with Crippen molar-refractivity contribution in [2.45, 2.75) is 18.9 Å². The van der Waals surface area contributed by atoms with Crippen LogP contribution in [0.5, 0.6) is 0 Å². The van der Waals surface area contributed by atoms with Crippen LogP contribution in [-0.4, -0.2) is 30.8 Å². The Morgan fingerprint density at radius 3 is 2.61 bits per heavy atom. The van der Waals surface area contributed by atoms with Gasteiger partial charge in [-0.2, -0.15) is 0 Å². The lowest BCUT2D eigenvalue weighted by atomic mass is 10.1. The van der Waals surface area contributed by atoms with Crippen LogP contribution in [0.1, 0.15) is 21.6 Å². The van der Waals surface area contributed by atoms with Crippen LogP contribution in [0.3, 0.4) is 0 Å². The number of nitrogens with zero attached hydrogens (tertiary/aromatic N) is 1. The largest absolute Gasteiger partial charge is 0.366 e. The Kier molecular flexibility index (Phi) is 5.01. The molecule has 0 atom stereocenters. The van der Waals surface area contributed by atoms with Crippen molar-refractivity contribution in [3.05, 3.63) is 22.9 Å². The number of thioether (sulfide) groups is 1. The Morgan fingerprint density at radius 1 is 1.50 bits per heavy atom. The van der Waals surface area contributed by atoms with Crippen molar-refractivity contribution >= 4 is 37.4 Å². The van der Waals surface area contributed by atoms with E-state index in [2.05, 4.69) is 4.98 Å². The maximum absolute atomic E-state index is 11.3. The maximum Gasteiger partial charge on any atom is 0.251 e. The number of hydrogen-bond acceptors (Lipinski definition) is 5. The Morgan fingerprint density at radius 2 is 2.11 bits per heavy atom. The lowest BCUT2D eigenvalue weighted by Crippen LogP contribution is -2.16. The molecule has 18 heavy (non-hydrogen) atoms. The van der Waals surface area contributed by atoms with E-state index in [4.69, 9.17) is 16.4 Å². The SMILES string of the molecule is Cc1cc(C)c(C(N)=O)c(SCCS(=O)(=O)Cl)n1. The lowest BCUT2D eigenvalue weighted by Gasteiger charge is -2.09. The molecule has 0 aliphatic carbocycles. The Balaban J connectivity index is 2.97. The summed E-state index contributed by atoms with van der Waals surface area (Å²) in [4.78, 5) is 15.5. The molecule has 1 amide bonds. The van der Waals surface area contributed by atoms with Crippen LogP contribution in [-0.2, 0) is 9.05 Å². The van der Waals surface area contributed by atoms with Gasteiger partial charge in [0.2, 0.25) is 9.05 Å². The highest BCUT2D eigenvalue weighted by Crippen LogP contribution is 2.24. The minimum absolute atomic E-state index is 0.188. The molecule has 5 nitrogen and oxygen atoms in total. The molecule has 1 heterocycles. The van der Waals surface area contributed by atoms with E-state index in [9.17, 15) is 13.2 Å². The van der Waals surface area contributed by atoms with Crippen LogP contribution < -0.4 is 5.73 Å². The van der Waals surface area contributed by atoms with Crippen molar-refractivity contribution in [1.29, 1.82) is 0 Å². The molecule has 0 bridgehead atoms. The number of nitrogens with two attached hydrogens (primary N) is 1. The first-order chi connectivity index (χ1) is 8.20. The third-order valence-electron chi connectivity index (χ3n) is 2.12. The van der Waals surface area contributed by atoms with Crippen LogP contribution in [0.4, 0.5) is 0 Å². The van der Waals surface area contributed by atoms with Gasteiger partial charge in [0.05, 0.1) is 11.3 Å². The number of amides is 1. The standard InChI is InChI=1S/C10H13ClN2O3S2/c1-6-5-7(2)13-10(8(6)9(12)14)17-3-4-18(11,15)16/h5H,3-4H2,1-2H3,(H2,12,14). The summed E-state index contributed by atoms with van der Waals surface area (Å²) in [5, 5.41) is 0.445. The van der Waals surface area contributed by atoms with Crippen molar-refractivity contribution in [2.75, 3.05) is 11.5 Å². The average Bonchev–Trinajstić information content (AvgIpc) is 2.13. The fourth-order valence-corrected chi connectivity index (χ4v) is 3.95. The highest BCUT2D eigenvalue weighted by Gasteiger charge is 2.15. The van der Waals surface area contributed by atoms with Crippen molar-refractivity contribution in [3.63, 3.8) is 0 Å². The summed E-state index contributed by atoms with van der Waals surface area (Å²) in [5.74, 6) is -0.537. The van der Waals surface area contributed by atoms with Crippen LogP contribution in [0, 0.1) is 13.8 Å². The molecule has 0 radical (unpaired) electrons. The highest BCUT2D eigenvalue weighted by molar-refractivity contribution is 8.14. The van der Waals surface area contributed by atoms with Gasteiger partial charge in [0.15, 0.2) is 0 Å². The summed E-state index contributed by atoms with van der Waals surface area (Å²) in [6.07, 6.45) is 0. The van der Waals surface area contributed by atoms with E-state index in [1.54, 1.807) is 19.9 Å². The van der Waals surface area contributed by atoms with Gasteiger partial charge in [-0.15, -0.1) is 11.8 Å². The summed E-state index contributed by atoms with van der Waals surface area (Å²) in [6, 6.07) is 1.75. The Labute approximate surface area is 115 Å². The third kappa shape index (κ3) is 4.47. The topological polar surface area (TPSA) is 90.1 Å². The normalized spacial score (nSPS) is 11.5. The molecule has 100 valence electrons. The molecular formula is C10H13ClN2O3S2. The van der Waals surface area contributed by atoms with E-state index in [1.807, 2.05) is 0 Å². The van der Waals surface area contributed by atoms with Crippen molar-refractivity contribution < 1.29 is 13.2 Å². The van der Waals surface area contributed by atoms with E-state index >= 15 is 0 Å². The second-order valence-electron chi connectivity index (χ2n) is 3.72. The lowest BCUT2D eigenvalue weighted by molar-refractivity contribution is 0.0996. The quantitative estimate of drug-likeness (QED) is 0.657. The summed E-state index contributed by atoms with van der Waals surface area (Å²) >= 11 is 1.16. The molecule has 0 unspecified atom stereocenters. The van der Waals surface area contributed by atoms with Crippen molar-refractivity contribution in [3.8, 4) is 0 Å². The molecule has 8 heteroatoms. The molecule has 0 saturated carbocycles. The van der Waals surface area contributed by atoms with E-state index < -0.39 is 15.0 Å². The zero-order valence-electron chi connectivity index (χ0n) is 9.94. The van der Waals surface area contributed by atoms with Gasteiger partial charge >= 0.3 is 0 Å². The predicted molar refractivity (Wildman–Crippen MR) is 72.6 cm³/mol. The molecule has 0 aromatic carbocycles. The molecule has 0 aliphatic heterocycles. The van der Waals surface area contributed by atoms with E-state index in [-0.39, 0.29) is 11.5 Å². The number of halogens is 1. The molecule has 0 aliphatic rings. The maximum atomic E-state index is 11.3. The van der Waals surface area contributed by atoms with E-state index in [0.29, 0.717) is 10.6 Å². The second-order valence-corrected chi connectivity index (χ2v) is 7.70. The zero-order valence-corrected chi connectivity index (χ0v) is 12.3. The zero-order chi connectivity index (χ0) is 13.9. The van der Waals surface area contributed by atoms with Gasteiger partial charge in [-0.05, 0) is 25.5 Å². The summed E-state index contributed by atoms with van der Waals surface area (Å²) in [6.45, 7) is 3.55. The smallest absolute Gasteiger partial charge is 0.251 e.